The van der Waals surface area contributed by atoms with Crippen molar-refractivity contribution in [1.29, 1.82) is 0 Å². The predicted molar refractivity (Wildman–Crippen MR) is 74.0 cm³/mol. The summed E-state index contributed by atoms with van der Waals surface area (Å²) in [6, 6.07) is 10.3. The lowest BCUT2D eigenvalue weighted by Gasteiger charge is -2.15. The zero-order chi connectivity index (χ0) is 12.4. The molecule has 0 saturated carbocycles. The van der Waals surface area contributed by atoms with Crippen molar-refractivity contribution in [2.75, 3.05) is 11.9 Å². The molecule has 0 aliphatic rings. The molecule has 0 aliphatic carbocycles. The molecule has 2 N–H and O–H groups in total. The van der Waals surface area contributed by atoms with Gasteiger partial charge >= 0.3 is 0 Å². The molecular weight excluding hydrogens is 230 g/mol. The Kier molecular flexibility index (Phi) is 3.45. The Bertz CT molecular complexity index is 491. The van der Waals surface area contributed by atoms with Gasteiger partial charge in [0, 0.05) is 23.7 Å². The molecule has 4 heteroatoms. The summed E-state index contributed by atoms with van der Waals surface area (Å²) in [5.74, 6) is 0. The maximum Gasteiger partial charge on any atom is 0.190 e. The lowest BCUT2D eigenvalue weighted by molar-refractivity contribution is 0.825. The molecular formula is C13H17N3S. The number of hydrogen-bond acceptors (Lipinski definition) is 4. The minimum atomic E-state index is 0.0467. The van der Waals surface area contributed by atoms with Crippen molar-refractivity contribution < 1.29 is 0 Å². The Hall–Kier alpha value is -1.39. The molecule has 0 amide bonds. The van der Waals surface area contributed by atoms with E-state index in [9.17, 15) is 0 Å². The van der Waals surface area contributed by atoms with Crippen LogP contribution in [0.1, 0.15) is 23.5 Å². The van der Waals surface area contributed by atoms with E-state index in [1.165, 1.54) is 0 Å². The molecule has 0 radical (unpaired) electrons. The van der Waals surface area contributed by atoms with Crippen molar-refractivity contribution in [3.05, 3.63) is 40.9 Å². The van der Waals surface area contributed by atoms with Gasteiger partial charge in [-0.1, -0.05) is 29.5 Å². The third-order valence-corrected chi connectivity index (χ3v) is 4.10. The molecule has 1 heterocycles. The third kappa shape index (κ3) is 2.48. The fourth-order valence-corrected chi connectivity index (χ4v) is 2.72. The summed E-state index contributed by atoms with van der Waals surface area (Å²) in [5.41, 5.74) is 8.09. The molecule has 1 aromatic heterocycles. The van der Waals surface area contributed by atoms with Crippen LogP contribution in [-0.2, 0) is 0 Å². The Balaban J connectivity index is 2.32. The summed E-state index contributed by atoms with van der Waals surface area (Å²) in [6.45, 7) is 4.00. The minimum Gasteiger partial charge on any atom is -0.323 e. The fraction of sp³-hybridized carbons (Fsp3) is 0.308. The first kappa shape index (κ1) is 12.1. The number of thiazole rings is 1. The first-order chi connectivity index (χ1) is 8.09. The fourth-order valence-electron chi connectivity index (χ4n) is 1.72. The van der Waals surface area contributed by atoms with E-state index in [0.717, 1.165) is 21.4 Å². The molecule has 1 atom stereocenters. The maximum atomic E-state index is 5.92. The van der Waals surface area contributed by atoms with Crippen LogP contribution in [0.3, 0.4) is 0 Å². The van der Waals surface area contributed by atoms with Crippen LogP contribution in [-0.4, -0.2) is 12.0 Å². The molecule has 0 bridgehead atoms. The second kappa shape index (κ2) is 4.85. The molecule has 0 fully saturated rings. The van der Waals surface area contributed by atoms with E-state index < -0.39 is 0 Å². The van der Waals surface area contributed by atoms with Crippen LogP contribution in [0, 0.1) is 6.92 Å². The summed E-state index contributed by atoms with van der Waals surface area (Å²) in [5, 5.41) is 0.987. The number of para-hydroxylation sites is 1. The topological polar surface area (TPSA) is 42.2 Å². The molecule has 90 valence electrons. The second-order valence-corrected chi connectivity index (χ2v) is 5.14. The standard InChI is InChI=1S/C13H17N3S/c1-9(14)12-10(2)15-13(17-12)16(3)11-7-5-4-6-8-11/h4-9H,14H2,1-3H3. The first-order valence-corrected chi connectivity index (χ1v) is 6.43. The van der Waals surface area contributed by atoms with Crippen LogP contribution < -0.4 is 10.6 Å². The minimum absolute atomic E-state index is 0.0467. The number of nitrogens with zero attached hydrogens (tertiary/aromatic N) is 2. The summed E-state index contributed by atoms with van der Waals surface area (Å²) in [6.07, 6.45) is 0. The summed E-state index contributed by atoms with van der Waals surface area (Å²) in [7, 11) is 2.03. The highest BCUT2D eigenvalue weighted by atomic mass is 32.1. The van der Waals surface area contributed by atoms with E-state index >= 15 is 0 Å². The van der Waals surface area contributed by atoms with Gasteiger partial charge in [0.1, 0.15) is 0 Å². The van der Waals surface area contributed by atoms with Crippen molar-refractivity contribution in [1.82, 2.24) is 4.98 Å². The summed E-state index contributed by atoms with van der Waals surface area (Å²) < 4.78 is 0. The number of rotatable bonds is 3. The first-order valence-electron chi connectivity index (χ1n) is 5.61. The van der Waals surface area contributed by atoms with Crippen molar-refractivity contribution in [2.24, 2.45) is 5.73 Å². The Labute approximate surface area is 106 Å². The van der Waals surface area contributed by atoms with Gasteiger partial charge in [0.25, 0.3) is 0 Å². The molecule has 2 rings (SSSR count). The van der Waals surface area contributed by atoms with Gasteiger partial charge in [-0.3, -0.25) is 0 Å². The average molecular weight is 247 g/mol. The van der Waals surface area contributed by atoms with Crippen LogP contribution in [0.4, 0.5) is 10.8 Å². The molecule has 1 aromatic carbocycles. The van der Waals surface area contributed by atoms with Gasteiger partial charge in [-0.2, -0.15) is 0 Å². The van der Waals surface area contributed by atoms with E-state index in [4.69, 9.17) is 5.73 Å². The second-order valence-electron chi connectivity index (χ2n) is 4.13. The Morgan fingerprint density at radius 3 is 2.47 bits per heavy atom. The van der Waals surface area contributed by atoms with E-state index in [1.807, 2.05) is 39.1 Å². The highest BCUT2D eigenvalue weighted by Gasteiger charge is 2.14. The number of aryl methyl sites for hydroxylation is 1. The van der Waals surface area contributed by atoms with Gasteiger partial charge < -0.3 is 10.6 Å². The number of aromatic nitrogens is 1. The van der Waals surface area contributed by atoms with Crippen LogP contribution in [0.15, 0.2) is 30.3 Å². The number of anilines is 2. The highest BCUT2D eigenvalue weighted by Crippen LogP contribution is 2.32. The molecule has 0 spiro atoms. The third-order valence-electron chi connectivity index (χ3n) is 2.67. The summed E-state index contributed by atoms with van der Waals surface area (Å²) in [4.78, 5) is 7.81. The lowest BCUT2D eigenvalue weighted by Crippen LogP contribution is -2.08. The Morgan fingerprint density at radius 1 is 1.29 bits per heavy atom. The van der Waals surface area contributed by atoms with Crippen molar-refractivity contribution >= 4 is 22.2 Å². The van der Waals surface area contributed by atoms with Crippen molar-refractivity contribution in [2.45, 2.75) is 19.9 Å². The number of nitrogens with two attached hydrogens (primary N) is 1. The van der Waals surface area contributed by atoms with Gasteiger partial charge in [-0.15, -0.1) is 0 Å². The van der Waals surface area contributed by atoms with Crippen molar-refractivity contribution in [3.63, 3.8) is 0 Å². The van der Waals surface area contributed by atoms with E-state index in [1.54, 1.807) is 11.3 Å². The normalized spacial score (nSPS) is 12.5. The number of benzene rings is 1. The average Bonchev–Trinajstić information content (AvgIpc) is 2.71. The SMILES string of the molecule is Cc1nc(N(C)c2ccccc2)sc1C(C)N. The van der Waals surface area contributed by atoms with Crippen LogP contribution >= 0.6 is 11.3 Å². The zero-order valence-electron chi connectivity index (χ0n) is 10.3. The molecule has 3 nitrogen and oxygen atoms in total. The Morgan fingerprint density at radius 2 is 1.94 bits per heavy atom. The number of hydrogen-bond donors (Lipinski definition) is 1. The monoisotopic (exact) mass is 247 g/mol. The molecule has 1 unspecified atom stereocenters. The van der Waals surface area contributed by atoms with Crippen LogP contribution in [0.25, 0.3) is 0 Å². The van der Waals surface area contributed by atoms with E-state index in [-0.39, 0.29) is 6.04 Å². The van der Waals surface area contributed by atoms with Gasteiger partial charge in [0.05, 0.1) is 5.69 Å². The van der Waals surface area contributed by atoms with Gasteiger partial charge in [-0.25, -0.2) is 4.98 Å². The summed E-state index contributed by atoms with van der Waals surface area (Å²) >= 11 is 1.66. The lowest BCUT2D eigenvalue weighted by atomic mass is 10.2. The molecule has 17 heavy (non-hydrogen) atoms. The van der Waals surface area contributed by atoms with E-state index in [2.05, 4.69) is 22.0 Å². The van der Waals surface area contributed by atoms with Gasteiger partial charge in [0.15, 0.2) is 5.13 Å². The van der Waals surface area contributed by atoms with Gasteiger partial charge in [0.2, 0.25) is 0 Å². The smallest absolute Gasteiger partial charge is 0.190 e. The van der Waals surface area contributed by atoms with Gasteiger partial charge in [-0.05, 0) is 26.0 Å². The highest BCUT2D eigenvalue weighted by molar-refractivity contribution is 7.15. The molecule has 0 saturated heterocycles. The predicted octanol–water partition coefficient (Wildman–Crippen LogP) is 3.24. The quantitative estimate of drug-likeness (QED) is 0.905. The van der Waals surface area contributed by atoms with Crippen LogP contribution in [0.2, 0.25) is 0 Å². The molecule has 0 aliphatic heterocycles. The van der Waals surface area contributed by atoms with E-state index in [0.29, 0.717) is 0 Å². The zero-order valence-corrected chi connectivity index (χ0v) is 11.2. The van der Waals surface area contributed by atoms with Crippen molar-refractivity contribution in [3.8, 4) is 0 Å². The largest absolute Gasteiger partial charge is 0.323 e. The van der Waals surface area contributed by atoms with Crippen LogP contribution in [0.5, 0.6) is 0 Å². The molecule has 2 aromatic rings. The maximum absolute atomic E-state index is 5.92.